The Morgan fingerprint density at radius 3 is 2.44 bits per heavy atom. The van der Waals surface area contributed by atoms with E-state index in [1.165, 1.54) is 16.8 Å². The molecule has 5 nitrogen and oxygen atoms in total. The van der Waals surface area contributed by atoms with E-state index in [9.17, 15) is 0 Å². The molecular formula is C48H44IrN4OSi-2. The number of nitrogens with zero attached hydrogens (tertiary/aromatic N) is 4. The number of rotatable bonds is 6. The molecule has 0 atom stereocenters. The second-order valence-corrected chi connectivity index (χ2v) is 20.0. The maximum absolute atomic E-state index is 8.59. The quantitative estimate of drug-likeness (QED) is 0.123. The van der Waals surface area contributed by atoms with Crippen LogP contribution in [0.25, 0.3) is 72.2 Å². The van der Waals surface area contributed by atoms with E-state index in [2.05, 4.69) is 101 Å². The molecular weight excluding hydrogens is 869 g/mol. The molecule has 0 aliphatic rings. The molecule has 0 saturated heterocycles. The van der Waals surface area contributed by atoms with Gasteiger partial charge in [-0.1, -0.05) is 111 Å². The van der Waals surface area contributed by atoms with Crippen LogP contribution in [0, 0.1) is 31.8 Å². The van der Waals surface area contributed by atoms with Crippen molar-refractivity contribution in [1.29, 1.82) is 0 Å². The Morgan fingerprint density at radius 2 is 1.65 bits per heavy atom. The Morgan fingerprint density at radius 1 is 0.855 bits per heavy atom. The Balaban J connectivity index is 0.000000185. The Hall–Kier alpha value is -5.20. The van der Waals surface area contributed by atoms with Gasteiger partial charge >= 0.3 is 0 Å². The van der Waals surface area contributed by atoms with Gasteiger partial charge in [0, 0.05) is 55.3 Å². The van der Waals surface area contributed by atoms with Gasteiger partial charge in [0.15, 0.2) is 0 Å². The molecule has 0 spiro atoms. The SMILES string of the molecule is Cc1ccc2c(n1)oc1c(-c3nc4ccccc4n3-c3cccc4ccccc34)[c-]ccc12.[2H]C([2H])([2H])c1c[c-]c(-c2cc(C([2H])([2H])C(C)C)c([Si](C)(C)C)cn2)cc1.[Ir]. The second kappa shape index (κ2) is 15.5. The fraction of sp³-hybridized carbons (Fsp3) is 0.188. The molecule has 0 aliphatic carbocycles. The summed E-state index contributed by atoms with van der Waals surface area (Å²) >= 11 is 0. The van der Waals surface area contributed by atoms with Crippen molar-refractivity contribution in [1.82, 2.24) is 19.5 Å². The number of hydrogen-bond acceptors (Lipinski definition) is 4. The maximum atomic E-state index is 8.59. The van der Waals surface area contributed by atoms with Gasteiger partial charge in [-0.25, -0.2) is 4.98 Å². The summed E-state index contributed by atoms with van der Waals surface area (Å²) in [7, 11) is -1.78. The minimum atomic E-state index is -2.16. The average molecular weight is 918 g/mol. The van der Waals surface area contributed by atoms with Crippen molar-refractivity contribution >= 4 is 57.1 Å². The molecule has 4 aromatic heterocycles. The molecule has 9 rings (SSSR count). The number of para-hydroxylation sites is 2. The minimum absolute atomic E-state index is 0. The van der Waals surface area contributed by atoms with E-state index in [1.807, 2.05) is 63.2 Å². The van der Waals surface area contributed by atoms with Crippen LogP contribution in [0.5, 0.6) is 0 Å². The summed E-state index contributed by atoms with van der Waals surface area (Å²) < 4.78 is 48.1. The molecule has 0 N–H and O–H groups in total. The van der Waals surface area contributed by atoms with Crippen molar-refractivity contribution in [3.8, 4) is 28.3 Å². The van der Waals surface area contributed by atoms with Gasteiger partial charge in [0.2, 0.25) is 5.71 Å². The summed E-state index contributed by atoms with van der Waals surface area (Å²) in [4.78, 5) is 14.2. The summed E-state index contributed by atoms with van der Waals surface area (Å²) in [6, 6.07) is 44.0. The monoisotopic (exact) mass is 918 g/mol. The van der Waals surface area contributed by atoms with Crippen LogP contribution < -0.4 is 5.19 Å². The van der Waals surface area contributed by atoms with Crippen LogP contribution in [-0.2, 0) is 26.5 Å². The van der Waals surface area contributed by atoms with Crippen molar-refractivity contribution in [3.05, 3.63) is 150 Å². The number of aromatic nitrogens is 4. The van der Waals surface area contributed by atoms with Gasteiger partial charge in [-0.05, 0) is 65.8 Å². The van der Waals surface area contributed by atoms with E-state index in [4.69, 9.17) is 16.3 Å². The Bertz CT molecular complexity index is 3000. The van der Waals surface area contributed by atoms with E-state index in [0.717, 1.165) is 55.3 Å². The van der Waals surface area contributed by atoms with Crippen molar-refractivity contribution in [3.63, 3.8) is 0 Å². The van der Waals surface area contributed by atoms with Gasteiger partial charge < -0.3 is 14.0 Å². The zero-order valence-corrected chi connectivity index (χ0v) is 35.0. The normalized spacial score (nSPS) is 13.5. The van der Waals surface area contributed by atoms with Crippen LogP contribution in [0.1, 0.15) is 37.5 Å². The molecule has 55 heavy (non-hydrogen) atoms. The van der Waals surface area contributed by atoms with Crippen molar-refractivity contribution in [2.45, 2.75) is 53.6 Å². The average Bonchev–Trinajstić information content (AvgIpc) is 3.78. The maximum Gasteiger partial charge on any atom is 0.216 e. The fourth-order valence-electron chi connectivity index (χ4n) is 6.94. The van der Waals surface area contributed by atoms with E-state index in [0.29, 0.717) is 22.5 Å². The molecule has 0 unspecified atom stereocenters. The molecule has 0 amide bonds. The van der Waals surface area contributed by atoms with Gasteiger partial charge in [-0.3, -0.25) is 4.98 Å². The van der Waals surface area contributed by atoms with E-state index < -0.39 is 21.3 Å². The smallest absolute Gasteiger partial charge is 0.216 e. The van der Waals surface area contributed by atoms with Crippen LogP contribution in [0.3, 0.4) is 0 Å². The largest absolute Gasteiger partial charge is 0.486 e. The van der Waals surface area contributed by atoms with Gasteiger partial charge in [-0.15, -0.1) is 53.6 Å². The summed E-state index contributed by atoms with van der Waals surface area (Å²) in [5, 5.41) is 5.38. The zero-order chi connectivity index (χ0) is 41.9. The molecule has 0 bridgehead atoms. The third-order valence-electron chi connectivity index (χ3n) is 9.47. The standard InChI is InChI=1S/C29H18N3O.C19H26NSi.Ir/c1-18-16-17-22-21-11-7-12-23(27(21)33-29(22)30-18)28-31-24-13-4-5-14-26(24)32(28)25-15-6-9-19-8-2-3-10-20(19)25;1-14(2)11-17-12-18(16-9-7-15(3)8-10-16)20-13-19(17)21(4,5)6;/h2-11,13-17H,1H3;7-9,12-14H,11H2,1-6H3;/q2*-1;/i;3D3,11D2;. The molecule has 0 aliphatic heterocycles. The first-order valence-electron chi connectivity index (χ1n) is 20.7. The van der Waals surface area contributed by atoms with Crippen molar-refractivity contribution in [2.24, 2.45) is 5.92 Å². The Kier molecular flexibility index (Phi) is 9.04. The molecule has 277 valence electrons. The third-order valence-corrected chi connectivity index (χ3v) is 11.5. The number of hydrogen-bond donors (Lipinski definition) is 0. The zero-order valence-electron chi connectivity index (χ0n) is 36.7. The van der Waals surface area contributed by atoms with E-state index in [-0.39, 0.29) is 31.6 Å². The number of pyridine rings is 2. The van der Waals surface area contributed by atoms with Crippen LogP contribution in [0.15, 0.2) is 126 Å². The number of imidazole rings is 1. The minimum Gasteiger partial charge on any atom is -0.486 e. The number of furan rings is 1. The summed E-state index contributed by atoms with van der Waals surface area (Å²) in [6.45, 7) is 10.1. The predicted octanol–water partition coefficient (Wildman–Crippen LogP) is 11.8. The molecule has 7 heteroatoms. The summed E-state index contributed by atoms with van der Waals surface area (Å²) in [5.74, 6) is 0.628. The van der Waals surface area contributed by atoms with Gasteiger partial charge in [-0.2, -0.15) is 0 Å². The first-order valence-corrected chi connectivity index (χ1v) is 21.7. The molecule has 1 radical (unpaired) electrons. The fourth-order valence-corrected chi connectivity index (χ4v) is 8.34. The topological polar surface area (TPSA) is 56.7 Å². The molecule has 5 aromatic carbocycles. The summed E-state index contributed by atoms with van der Waals surface area (Å²) in [5.41, 5.74) is 8.39. The number of benzene rings is 5. The van der Waals surface area contributed by atoms with Crippen LogP contribution in [0.2, 0.25) is 19.6 Å². The van der Waals surface area contributed by atoms with Crippen molar-refractivity contribution < 1.29 is 31.4 Å². The van der Waals surface area contributed by atoms with Gasteiger partial charge in [0.25, 0.3) is 0 Å². The number of aryl methyl sites for hydroxylation is 2. The van der Waals surface area contributed by atoms with E-state index >= 15 is 0 Å². The van der Waals surface area contributed by atoms with Crippen molar-refractivity contribution in [2.75, 3.05) is 0 Å². The molecule has 9 aromatic rings. The van der Waals surface area contributed by atoms with Crippen LogP contribution in [0.4, 0.5) is 0 Å². The van der Waals surface area contributed by atoms with E-state index in [1.54, 1.807) is 18.3 Å². The summed E-state index contributed by atoms with van der Waals surface area (Å²) in [6.07, 6.45) is 0.328. The predicted molar refractivity (Wildman–Crippen MR) is 227 cm³/mol. The first kappa shape index (κ1) is 32.1. The van der Waals surface area contributed by atoms with Crippen LogP contribution >= 0.6 is 0 Å². The second-order valence-electron chi connectivity index (χ2n) is 14.9. The molecule has 4 heterocycles. The van der Waals surface area contributed by atoms with Gasteiger partial charge in [0.1, 0.15) is 0 Å². The molecule has 0 fully saturated rings. The van der Waals surface area contributed by atoms with Gasteiger partial charge in [0.05, 0.1) is 30.5 Å². The van der Waals surface area contributed by atoms with Crippen LogP contribution in [-0.4, -0.2) is 27.6 Å². The Labute approximate surface area is 344 Å². The third kappa shape index (κ3) is 7.57. The first-order chi connectivity index (χ1) is 28.0. The molecule has 0 saturated carbocycles. The number of fused-ring (bicyclic) bond motifs is 5.